The quantitative estimate of drug-likeness (QED) is 0.607. The number of fused-ring (bicyclic) bond motifs is 4. The van der Waals surface area contributed by atoms with Crippen molar-refractivity contribution in [1.29, 1.82) is 0 Å². The first kappa shape index (κ1) is 20.9. The molecule has 3 fully saturated rings. The van der Waals surface area contributed by atoms with Gasteiger partial charge in [-0.3, -0.25) is 4.40 Å². The van der Waals surface area contributed by atoms with E-state index < -0.39 is 15.6 Å². The van der Waals surface area contributed by atoms with E-state index in [1.165, 1.54) is 0 Å². The number of nitrogens with one attached hydrogen (secondary N) is 1. The first-order valence-electron chi connectivity index (χ1n) is 10.5. The van der Waals surface area contributed by atoms with Gasteiger partial charge in [0, 0.05) is 28.7 Å². The summed E-state index contributed by atoms with van der Waals surface area (Å²) >= 11 is 6.10. The number of hydrogen-bond acceptors (Lipinski definition) is 5. The Morgan fingerprint density at radius 2 is 1.81 bits per heavy atom. The van der Waals surface area contributed by atoms with Crippen LogP contribution in [0.3, 0.4) is 0 Å². The van der Waals surface area contributed by atoms with E-state index in [4.69, 9.17) is 11.6 Å². The minimum atomic E-state index is -3.73. The molecule has 3 aliphatic rings. The predicted octanol–water partition coefficient (Wildman–Crippen LogP) is 3.51. The summed E-state index contributed by atoms with van der Waals surface area (Å²) in [5.74, 6) is 0.916. The molecule has 2 aromatic heterocycles. The molecule has 2 bridgehead atoms. The van der Waals surface area contributed by atoms with E-state index in [9.17, 15) is 13.5 Å². The van der Waals surface area contributed by atoms with E-state index in [2.05, 4.69) is 14.9 Å². The van der Waals surface area contributed by atoms with Gasteiger partial charge in [0.15, 0.2) is 5.65 Å². The zero-order chi connectivity index (χ0) is 21.9. The number of aliphatic hydroxyl groups is 1. The van der Waals surface area contributed by atoms with Gasteiger partial charge in [-0.2, -0.15) is 0 Å². The molecular weight excluding hydrogens is 436 g/mol. The molecule has 3 aliphatic carbocycles. The smallest absolute Gasteiger partial charge is 0.241 e. The SMILES string of the molecule is Cc1c(Cl)cccc1S(=O)(=O)NCc1cccn2c(C34CCC(O)(CC3)CC4)nnc12. The van der Waals surface area contributed by atoms with Crippen molar-refractivity contribution in [1.82, 2.24) is 19.3 Å². The fraction of sp³-hybridized carbons (Fsp3) is 0.455. The molecule has 0 radical (unpaired) electrons. The molecule has 0 unspecified atom stereocenters. The molecule has 0 atom stereocenters. The van der Waals surface area contributed by atoms with E-state index >= 15 is 0 Å². The molecule has 1 aromatic carbocycles. The van der Waals surface area contributed by atoms with Crippen molar-refractivity contribution in [3.63, 3.8) is 0 Å². The maximum Gasteiger partial charge on any atom is 0.241 e. The van der Waals surface area contributed by atoms with Crippen molar-refractivity contribution in [2.24, 2.45) is 0 Å². The van der Waals surface area contributed by atoms with Gasteiger partial charge in [0.1, 0.15) is 5.82 Å². The van der Waals surface area contributed by atoms with Crippen molar-refractivity contribution >= 4 is 27.3 Å². The second-order valence-electron chi connectivity index (χ2n) is 8.94. The molecule has 3 aromatic rings. The van der Waals surface area contributed by atoms with Gasteiger partial charge < -0.3 is 5.11 Å². The lowest BCUT2D eigenvalue weighted by atomic mass is 9.58. The summed E-state index contributed by atoms with van der Waals surface area (Å²) in [6.07, 6.45) is 7.01. The average molecular weight is 461 g/mol. The third kappa shape index (κ3) is 3.46. The van der Waals surface area contributed by atoms with E-state index in [-0.39, 0.29) is 16.9 Å². The molecule has 9 heteroatoms. The van der Waals surface area contributed by atoms with Gasteiger partial charge in [-0.1, -0.05) is 23.7 Å². The zero-order valence-corrected chi connectivity index (χ0v) is 18.9. The highest BCUT2D eigenvalue weighted by Crippen LogP contribution is 2.53. The van der Waals surface area contributed by atoms with Gasteiger partial charge in [-0.15, -0.1) is 10.2 Å². The normalized spacial score (nSPS) is 25.9. The molecule has 7 nitrogen and oxygen atoms in total. The van der Waals surface area contributed by atoms with Crippen LogP contribution in [0.4, 0.5) is 0 Å². The Morgan fingerprint density at radius 1 is 1.10 bits per heavy atom. The van der Waals surface area contributed by atoms with Crippen molar-refractivity contribution < 1.29 is 13.5 Å². The molecule has 31 heavy (non-hydrogen) atoms. The lowest BCUT2D eigenvalue weighted by Gasteiger charge is -2.49. The zero-order valence-electron chi connectivity index (χ0n) is 17.3. The van der Waals surface area contributed by atoms with E-state index in [1.54, 1.807) is 25.1 Å². The number of nitrogens with zero attached hydrogens (tertiary/aromatic N) is 3. The summed E-state index contributed by atoms with van der Waals surface area (Å²) < 4.78 is 30.4. The second kappa shape index (κ2) is 7.27. The summed E-state index contributed by atoms with van der Waals surface area (Å²) in [4.78, 5) is 0.171. The van der Waals surface area contributed by atoms with Gasteiger partial charge in [-0.05, 0) is 69.2 Å². The van der Waals surface area contributed by atoms with Crippen LogP contribution >= 0.6 is 11.6 Å². The monoisotopic (exact) mass is 460 g/mol. The standard InChI is InChI=1S/C22H25ClN4O3S/c1-15-17(23)5-2-6-18(15)31(29,30)24-14-16-4-3-13-27-19(16)25-26-20(27)21-7-10-22(28,11-8-21)12-9-21/h2-6,13,24,28H,7-12,14H2,1H3. The average Bonchev–Trinajstić information content (AvgIpc) is 3.20. The van der Waals surface area contributed by atoms with Crippen LogP contribution in [0.5, 0.6) is 0 Å². The van der Waals surface area contributed by atoms with Crippen LogP contribution in [-0.2, 0) is 22.0 Å². The third-order valence-corrected chi connectivity index (χ3v) is 9.11. The van der Waals surface area contributed by atoms with E-state index in [0.29, 0.717) is 16.2 Å². The molecule has 0 spiro atoms. The Balaban J connectivity index is 1.44. The molecule has 0 amide bonds. The molecule has 0 saturated heterocycles. The Kier molecular flexibility index (Phi) is 4.89. The highest BCUT2D eigenvalue weighted by Gasteiger charge is 2.50. The fourth-order valence-corrected chi connectivity index (χ4v) is 6.60. The van der Waals surface area contributed by atoms with Crippen molar-refractivity contribution in [2.75, 3.05) is 0 Å². The first-order chi connectivity index (χ1) is 14.7. The first-order valence-corrected chi connectivity index (χ1v) is 12.4. The lowest BCUT2D eigenvalue weighted by Crippen LogP contribution is -2.48. The minimum Gasteiger partial charge on any atom is -0.390 e. The predicted molar refractivity (Wildman–Crippen MR) is 118 cm³/mol. The molecule has 164 valence electrons. The Labute approximate surface area is 186 Å². The van der Waals surface area contributed by atoms with Crippen LogP contribution in [0.1, 0.15) is 55.5 Å². The van der Waals surface area contributed by atoms with Gasteiger partial charge in [0.25, 0.3) is 0 Å². The molecule has 3 saturated carbocycles. The van der Waals surface area contributed by atoms with Gasteiger partial charge in [0.05, 0.1) is 10.5 Å². The summed E-state index contributed by atoms with van der Waals surface area (Å²) in [5.41, 5.74) is 1.35. The molecule has 6 rings (SSSR count). The number of benzene rings is 1. The summed E-state index contributed by atoms with van der Waals surface area (Å²) in [5, 5.41) is 19.9. The summed E-state index contributed by atoms with van der Waals surface area (Å²) in [6.45, 7) is 1.79. The van der Waals surface area contributed by atoms with Crippen molar-refractivity contribution in [3.8, 4) is 0 Å². The fourth-order valence-electron chi connectivity index (χ4n) is 5.10. The number of hydrogen-bond donors (Lipinski definition) is 2. The van der Waals surface area contributed by atoms with Crippen LogP contribution in [-0.4, -0.2) is 33.7 Å². The minimum absolute atomic E-state index is 0.0695. The number of pyridine rings is 1. The topological polar surface area (TPSA) is 96.6 Å². The highest BCUT2D eigenvalue weighted by molar-refractivity contribution is 7.89. The van der Waals surface area contributed by atoms with Crippen LogP contribution in [0.15, 0.2) is 41.4 Å². The number of rotatable bonds is 5. The van der Waals surface area contributed by atoms with E-state index in [1.807, 2.05) is 22.7 Å². The summed E-state index contributed by atoms with van der Waals surface area (Å²) in [7, 11) is -3.73. The third-order valence-electron chi connectivity index (χ3n) is 7.16. The summed E-state index contributed by atoms with van der Waals surface area (Å²) in [6, 6.07) is 8.60. The maximum atomic E-state index is 12.9. The second-order valence-corrected chi connectivity index (χ2v) is 11.1. The molecule has 2 N–H and O–H groups in total. The molecule has 2 heterocycles. The van der Waals surface area contributed by atoms with Gasteiger partial charge in [-0.25, -0.2) is 13.1 Å². The van der Waals surface area contributed by atoms with Gasteiger partial charge in [0.2, 0.25) is 10.0 Å². The van der Waals surface area contributed by atoms with Crippen molar-refractivity contribution in [2.45, 2.75) is 67.9 Å². The van der Waals surface area contributed by atoms with Crippen LogP contribution < -0.4 is 4.72 Å². The Morgan fingerprint density at radius 3 is 2.52 bits per heavy atom. The number of aromatic nitrogens is 3. The van der Waals surface area contributed by atoms with Crippen LogP contribution in [0.25, 0.3) is 5.65 Å². The molecular formula is C22H25ClN4O3S. The lowest BCUT2D eigenvalue weighted by molar-refractivity contribution is -0.0682. The maximum absolute atomic E-state index is 12.9. The van der Waals surface area contributed by atoms with Gasteiger partial charge >= 0.3 is 0 Å². The van der Waals surface area contributed by atoms with E-state index in [0.717, 1.165) is 49.9 Å². The Hall–Kier alpha value is -2.00. The largest absolute Gasteiger partial charge is 0.390 e. The number of halogens is 1. The number of sulfonamides is 1. The molecule has 0 aliphatic heterocycles. The highest BCUT2D eigenvalue weighted by atomic mass is 35.5. The van der Waals surface area contributed by atoms with Crippen LogP contribution in [0.2, 0.25) is 5.02 Å². The van der Waals surface area contributed by atoms with Crippen molar-refractivity contribution in [3.05, 3.63) is 58.5 Å². The Bertz CT molecular complexity index is 1250. The van der Waals surface area contributed by atoms with Crippen LogP contribution in [0, 0.1) is 6.92 Å².